The van der Waals surface area contributed by atoms with Crippen LogP contribution < -0.4 is 0 Å². The van der Waals surface area contributed by atoms with Crippen LogP contribution in [0.1, 0.15) is 13.8 Å². The largest absolute Gasteiger partial charge is 0.769 e. The second-order valence-electron chi connectivity index (χ2n) is 1.83. The average molecular weight is 133 g/mol. The van der Waals surface area contributed by atoms with E-state index in [0.717, 1.165) is 5.41 Å². The van der Waals surface area contributed by atoms with Gasteiger partial charge in [-0.1, -0.05) is 19.9 Å². The van der Waals surface area contributed by atoms with Gasteiger partial charge in [0.1, 0.15) is 0 Å². The highest BCUT2D eigenvalue weighted by Crippen LogP contribution is 1.93. The molecule has 0 saturated carbocycles. The number of hydrogen-bond donors (Lipinski definition) is 0. The molecule has 0 heterocycles. The molecule has 0 bridgehead atoms. The van der Waals surface area contributed by atoms with Crippen LogP contribution in [0.15, 0.2) is 11.5 Å². The van der Waals surface area contributed by atoms with Crippen LogP contribution in [0.5, 0.6) is 0 Å². The van der Waals surface area contributed by atoms with Crippen molar-refractivity contribution >= 4 is 11.1 Å². The van der Waals surface area contributed by atoms with Crippen LogP contribution in [0.4, 0.5) is 0 Å². The lowest BCUT2D eigenvalue weighted by Gasteiger charge is -1.96. The number of allylic oxidation sites excluding steroid dienone is 1. The first kappa shape index (κ1) is 7.85. The van der Waals surface area contributed by atoms with Crippen molar-refractivity contribution < 1.29 is 8.76 Å². The predicted octanol–water partition coefficient (Wildman–Crippen LogP) is 1.04. The lowest BCUT2D eigenvalue weighted by Crippen LogP contribution is -1.81. The minimum atomic E-state index is -2.02. The van der Waals surface area contributed by atoms with Crippen molar-refractivity contribution in [3.8, 4) is 0 Å². The molecule has 0 amide bonds. The van der Waals surface area contributed by atoms with E-state index < -0.39 is 11.1 Å². The first-order valence-corrected chi connectivity index (χ1v) is 3.53. The van der Waals surface area contributed by atoms with E-state index in [2.05, 4.69) is 0 Å². The van der Waals surface area contributed by atoms with Gasteiger partial charge in [-0.3, -0.25) is 4.21 Å². The molecule has 0 aromatic carbocycles. The molecule has 0 fully saturated rings. The summed E-state index contributed by atoms with van der Waals surface area (Å²) < 4.78 is 19.6. The van der Waals surface area contributed by atoms with Gasteiger partial charge in [0.05, 0.1) is 0 Å². The van der Waals surface area contributed by atoms with Gasteiger partial charge in [0, 0.05) is 0 Å². The summed E-state index contributed by atoms with van der Waals surface area (Å²) in [4.78, 5) is 0. The van der Waals surface area contributed by atoms with Crippen molar-refractivity contribution in [2.45, 2.75) is 13.8 Å². The minimum Gasteiger partial charge on any atom is -0.769 e. The van der Waals surface area contributed by atoms with Crippen LogP contribution in [0.3, 0.4) is 0 Å². The van der Waals surface area contributed by atoms with E-state index >= 15 is 0 Å². The summed E-state index contributed by atoms with van der Waals surface area (Å²) in [6, 6.07) is 0. The molecule has 0 spiro atoms. The van der Waals surface area contributed by atoms with Crippen molar-refractivity contribution in [3.63, 3.8) is 0 Å². The Bertz CT molecular complexity index is 107. The van der Waals surface area contributed by atoms with Crippen molar-refractivity contribution in [1.82, 2.24) is 0 Å². The Morgan fingerprint density at radius 3 is 2.25 bits per heavy atom. The SMILES string of the molecule is CC(C)C=CS(=O)[O-]. The van der Waals surface area contributed by atoms with Gasteiger partial charge in [0.2, 0.25) is 0 Å². The Labute approximate surface area is 51.9 Å². The molecule has 0 aromatic heterocycles. The van der Waals surface area contributed by atoms with Crippen LogP contribution in [0.25, 0.3) is 0 Å². The fourth-order valence-electron chi connectivity index (χ4n) is 0.221. The second kappa shape index (κ2) is 3.80. The normalized spacial score (nSPS) is 15.5. The topological polar surface area (TPSA) is 40.1 Å². The molecule has 3 heteroatoms. The van der Waals surface area contributed by atoms with Crippen LogP contribution >= 0.6 is 0 Å². The summed E-state index contributed by atoms with van der Waals surface area (Å²) in [5, 5.41) is 1.16. The summed E-state index contributed by atoms with van der Waals surface area (Å²) in [6.07, 6.45) is 1.63. The molecule has 0 aliphatic rings. The molecule has 48 valence electrons. The maximum atomic E-state index is 9.82. The molecule has 0 aliphatic carbocycles. The zero-order chi connectivity index (χ0) is 6.57. The van der Waals surface area contributed by atoms with Crippen LogP contribution in [-0.4, -0.2) is 8.76 Å². The van der Waals surface area contributed by atoms with Crippen LogP contribution in [0.2, 0.25) is 0 Å². The van der Waals surface area contributed by atoms with E-state index in [-0.39, 0.29) is 0 Å². The maximum Gasteiger partial charge on any atom is -0.0153 e. The van der Waals surface area contributed by atoms with Gasteiger partial charge in [-0.25, -0.2) is 0 Å². The molecule has 0 saturated heterocycles. The van der Waals surface area contributed by atoms with Crippen LogP contribution in [0, 0.1) is 5.92 Å². The number of rotatable bonds is 2. The van der Waals surface area contributed by atoms with E-state index in [1.807, 2.05) is 13.8 Å². The Kier molecular flexibility index (Phi) is 3.73. The molecule has 0 rings (SSSR count). The summed E-state index contributed by atoms with van der Waals surface area (Å²) in [7, 11) is 0. The third kappa shape index (κ3) is 5.85. The van der Waals surface area contributed by atoms with Gasteiger partial charge >= 0.3 is 0 Å². The Morgan fingerprint density at radius 1 is 1.62 bits per heavy atom. The zero-order valence-electron chi connectivity index (χ0n) is 4.96. The van der Waals surface area contributed by atoms with Gasteiger partial charge in [-0.05, 0) is 22.4 Å². The highest BCUT2D eigenvalue weighted by atomic mass is 32.2. The molecule has 0 aliphatic heterocycles. The predicted molar refractivity (Wildman–Crippen MR) is 32.9 cm³/mol. The molecular formula is C5H9O2S-. The van der Waals surface area contributed by atoms with Crippen molar-refractivity contribution in [2.75, 3.05) is 0 Å². The summed E-state index contributed by atoms with van der Waals surface area (Å²) in [5.74, 6) is 0.313. The van der Waals surface area contributed by atoms with E-state index in [1.165, 1.54) is 0 Å². The van der Waals surface area contributed by atoms with E-state index in [1.54, 1.807) is 6.08 Å². The summed E-state index contributed by atoms with van der Waals surface area (Å²) in [6.45, 7) is 3.84. The number of hydrogen-bond acceptors (Lipinski definition) is 2. The minimum absolute atomic E-state index is 0.313. The van der Waals surface area contributed by atoms with Crippen molar-refractivity contribution in [2.24, 2.45) is 5.92 Å². The standard InChI is InChI=1S/C5H10O2S/c1-5(2)3-4-8(6)7/h3-5H,1-2H3,(H,6,7)/p-1. The zero-order valence-corrected chi connectivity index (χ0v) is 5.77. The second-order valence-corrected chi connectivity index (χ2v) is 2.63. The highest BCUT2D eigenvalue weighted by molar-refractivity contribution is 7.82. The molecular weight excluding hydrogens is 124 g/mol. The molecule has 2 nitrogen and oxygen atoms in total. The maximum absolute atomic E-state index is 9.82. The molecule has 1 unspecified atom stereocenters. The van der Waals surface area contributed by atoms with Crippen molar-refractivity contribution in [1.29, 1.82) is 0 Å². The monoisotopic (exact) mass is 133 g/mol. The first-order valence-electron chi connectivity index (χ1n) is 2.39. The highest BCUT2D eigenvalue weighted by Gasteiger charge is 1.80. The quantitative estimate of drug-likeness (QED) is 0.528. The third-order valence-electron chi connectivity index (χ3n) is 0.575. The van der Waals surface area contributed by atoms with E-state index in [9.17, 15) is 8.76 Å². The van der Waals surface area contributed by atoms with Gasteiger partial charge in [0.25, 0.3) is 0 Å². The smallest absolute Gasteiger partial charge is 0.0153 e. The molecule has 1 atom stereocenters. The summed E-state index contributed by atoms with van der Waals surface area (Å²) in [5.41, 5.74) is 0. The van der Waals surface area contributed by atoms with E-state index in [4.69, 9.17) is 0 Å². The molecule has 0 radical (unpaired) electrons. The lowest BCUT2D eigenvalue weighted by molar-refractivity contribution is 0.546. The Balaban J connectivity index is 3.50. The Hall–Kier alpha value is -0.150. The first-order chi connectivity index (χ1) is 3.63. The fraction of sp³-hybridized carbons (Fsp3) is 0.600. The average Bonchev–Trinajstić information content (AvgIpc) is 1.61. The van der Waals surface area contributed by atoms with Crippen molar-refractivity contribution in [3.05, 3.63) is 11.5 Å². The Morgan fingerprint density at radius 2 is 2.12 bits per heavy atom. The van der Waals surface area contributed by atoms with Gasteiger partial charge in [-0.15, -0.1) is 0 Å². The third-order valence-corrected chi connectivity index (χ3v) is 0.954. The molecule has 0 N–H and O–H groups in total. The fourth-order valence-corrected chi connectivity index (χ4v) is 0.664. The van der Waals surface area contributed by atoms with Crippen LogP contribution in [-0.2, 0) is 11.1 Å². The summed E-state index contributed by atoms with van der Waals surface area (Å²) >= 11 is -2.02. The van der Waals surface area contributed by atoms with Gasteiger partial charge in [-0.2, -0.15) is 0 Å². The molecule has 0 aromatic rings. The van der Waals surface area contributed by atoms with E-state index in [0.29, 0.717) is 5.92 Å². The molecule has 8 heavy (non-hydrogen) atoms. The van der Waals surface area contributed by atoms with Gasteiger partial charge in [0.15, 0.2) is 0 Å². The van der Waals surface area contributed by atoms with Gasteiger partial charge < -0.3 is 4.55 Å². The lowest BCUT2D eigenvalue weighted by atomic mass is 10.2.